The molecular formula is C11H13Br2NO. The molecule has 1 amide bonds. The molecule has 1 unspecified atom stereocenters. The molecule has 0 heterocycles. The summed E-state index contributed by atoms with van der Waals surface area (Å²) in [4.78, 5) is 12.1. The molecule has 0 spiro atoms. The number of carbonyl (C=O) groups is 1. The fraction of sp³-hybridized carbons (Fsp3) is 0.364. The van der Waals surface area contributed by atoms with Crippen LogP contribution in [0, 0.1) is 0 Å². The fourth-order valence-electron chi connectivity index (χ4n) is 1.13. The molecule has 4 heteroatoms. The lowest BCUT2D eigenvalue weighted by atomic mass is 10.2. The second-order valence-electron chi connectivity index (χ2n) is 3.31. The number of benzene rings is 1. The lowest BCUT2D eigenvalue weighted by Gasteiger charge is -2.07. The normalized spacial score (nSPS) is 12.2. The monoisotopic (exact) mass is 333 g/mol. The Labute approximate surface area is 107 Å². The first-order valence-corrected chi connectivity index (χ1v) is 6.49. The lowest BCUT2D eigenvalue weighted by Crippen LogP contribution is -2.25. The summed E-state index contributed by atoms with van der Waals surface area (Å²) >= 11 is 6.78. The average Bonchev–Trinajstić information content (AvgIpc) is 2.17. The topological polar surface area (TPSA) is 29.1 Å². The van der Waals surface area contributed by atoms with Gasteiger partial charge in [0.05, 0.1) is 5.56 Å². The van der Waals surface area contributed by atoms with Gasteiger partial charge in [0.25, 0.3) is 5.91 Å². The third-order valence-corrected chi connectivity index (χ3v) is 3.10. The quantitative estimate of drug-likeness (QED) is 0.840. The van der Waals surface area contributed by atoms with Gasteiger partial charge in [-0.2, -0.15) is 0 Å². The number of hydrogen-bond acceptors (Lipinski definition) is 1. The van der Waals surface area contributed by atoms with E-state index in [1.165, 1.54) is 0 Å². The number of halogens is 2. The second-order valence-corrected chi connectivity index (χ2v) is 5.72. The van der Waals surface area contributed by atoms with Crippen molar-refractivity contribution in [2.75, 3.05) is 6.54 Å². The van der Waals surface area contributed by atoms with Crippen molar-refractivity contribution in [3.8, 4) is 0 Å². The third kappa shape index (κ3) is 4.34. The van der Waals surface area contributed by atoms with E-state index in [4.69, 9.17) is 0 Å². The zero-order valence-electron chi connectivity index (χ0n) is 8.47. The van der Waals surface area contributed by atoms with Crippen LogP contribution in [0.1, 0.15) is 23.7 Å². The van der Waals surface area contributed by atoms with E-state index in [0.29, 0.717) is 16.9 Å². The Balaban J connectivity index is 2.51. The maximum atomic E-state index is 11.7. The molecule has 0 aliphatic rings. The summed E-state index contributed by atoms with van der Waals surface area (Å²) in [6.45, 7) is 2.75. The van der Waals surface area contributed by atoms with E-state index >= 15 is 0 Å². The Kier molecular flexibility index (Phi) is 5.32. The predicted molar refractivity (Wildman–Crippen MR) is 69.5 cm³/mol. The molecule has 0 saturated carbocycles. The average molecular weight is 335 g/mol. The summed E-state index contributed by atoms with van der Waals surface area (Å²) in [5.74, 6) is -0.0318. The highest BCUT2D eigenvalue weighted by Crippen LogP contribution is 2.15. The summed E-state index contributed by atoms with van der Waals surface area (Å²) in [5.41, 5.74) is 0.680. The molecule has 1 aromatic rings. The largest absolute Gasteiger partial charge is 0.352 e. The number of hydrogen-bond donors (Lipinski definition) is 1. The lowest BCUT2D eigenvalue weighted by molar-refractivity contribution is 0.0952. The first-order chi connectivity index (χ1) is 7.11. The molecule has 1 aromatic carbocycles. The first-order valence-electron chi connectivity index (χ1n) is 4.78. The molecule has 2 nitrogen and oxygen atoms in total. The Morgan fingerprint density at radius 3 is 2.73 bits per heavy atom. The molecule has 1 atom stereocenters. The van der Waals surface area contributed by atoms with E-state index in [1.54, 1.807) is 6.07 Å². The molecule has 1 rings (SSSR count). The van der Waals surface area contributed by atoms with Crippen LogP contribution in [0.4, 0.5) is 0 Å². The van der Waals surface area contributed by atoms with Crippen molar-refractivity contribution in [3.05, 3.63) is 34.3 Å². The minimum absolute atomic E-state index is 0.0318. The molecular weight excluding hydrogens is 322 g/mol. The Morgan fingerprint density at radius 1 is 1.47 bits per heavy atom. The second kappa shape index (κ2) is 6.28. The molecule has 0 aromatic heterocycles. The van der Waals surface area contributed by atoms with Gasteiger partial charge in [0.1, 0.15) is 0 Å². The predicted octanol–water partition coefficient (Wildman–Crippen LogP) is 3.35. The number of carbonyl (C=O) groups excluding carboxylic acids is 1. The van der Waals surface area contributed by atoms with Gasteiger partial charge < -0.3 is 5.32 Å². The van der Waals surface area contributed by atoms with Crippen LogP contribution < -0.4 is 5.32 Å². The van der Waals surface area contributed by atoms with Crippen LogP contribution in [0.3, 0.4) is 0 Å². The van der Waals surface area contributed by atoms with Gasteiger partial charge in [-0.25, -0.2) is 0 Å². The van der Waals surface area contributed by atoms with E-state index in [2.05, 4.69) is 44.1 Å². The summed E-state index contributed by atoms with van der Waals surface area (Å²) < 4.78 is 0.828. The standard InChI is InChI=1S/C11H13Br2NO/c1-8(12)6-7-14-11(15)9-4-2-3-5-10(9)13/h2-5,8H,6-7H2,1H3,(H,14,15). The Morgan fingerprint density at radius 2 is 2.13 bits per heavy atom. The minimum Gasteiger partial charge on any atom is -0.352 e. The molecule has 0 saturated heterocycles. The summed E-state index contributed by atoms with van der Waals surface area (Å²) in [7, 11) is 0. The highest BCUT2D eigenvalue weighted by atomic mass is 79.9. The highest BCUT2D eigenvalue weighted by Gasteiger charge is 2.08. The summed E-state index contributed by atoms with van der Waals surface area (Å²) in [5, 5.41) is 2.87. The zero-order chi connectivity index (χ0) is 11.3. The first kappa shape index (κ1) is 12.7. The van der Waals surface area contributed by atoms with Gasteiger partial charge >= 0.3 is 0 Å². The van der Waals surface area contributed by atoms with Gasteiger partial charge in [0.15, 0.2) is 0 Å². The fourth-order valence-corrected chi connectivity index (χ4v) is 1.82. The number of alkyl halides is 1. The van der Waals surface area contributed by atoms with Crippen LogP contribution in [0.25, 0.3) is 0 Å². The Hall–Kier alpha value is -0.350. The Bertz CT molecular complexity index is 339. The van der Waals surface area contributed by atoms with Crippen molar-refractivity contribution in [1.82, 2.24) is 5.32 Å². The van der Waals surface area contributed by atoms with Gasteiger partial charge in [0, 0.05) is 15.8 Å². The molecule has 0 bridgehead atoms. The minimum atomic E-state index is -0.0318. The number of amides is 1. The molecule has 0 aliphatic heterocycles. The molecule has 0 aliphatic carbocycles. The van der Waals surface area contributed by atoms with Gasteiger partial charge in [-0.05, 0) is 34.5 Å². The van der Waals surface area contributed by atoms with Crippen LogP contribution >= 0.6 is 31.9 Å². The van der Waals surface area contributed by atoms with Gasteiger partial charge in [-0.3, -0.25) is 4.79 Å². The van der Waals surface area contributed by atoms with E-state index in [1.807, 2.05) is 18.2 Å². The third-order valence-electron chi connectivity index (χ3n) is 1.95. The van der Waals surface area contributed by atoms with E-state index in [-0.39, 0.29) is 5.91 Å². The van der Waals surface area contributed by atoms with E-state index in [9.17, 15) is 4.79 Å². The van der Waals surface area contributed by atoms with Crippen LogP contribution in [0.15, 0.2) is 28.7 Å². The smallest absolute Gasteiger partial charge is 0.252 e. The van der Waals surface area contributed by atoms with E-state index < -0.39 is 0 Å². The van der Waals surface area contributed by atoms with Crippen molar-refractivity contribution in [2.24, 2.45) is 0 Å². The van der Waals surface area contributed by atoms with Crippen molar-refractivity contribution in [3.63, 3.8) is 0 Å². The van der Waals surface area contributed by atoms with Crippen LogP contribution in [-0.2, 0) is 0 Å². The van der Waals surface area contributed by atoms with Gasteiger partial charge in [-0.15, -0.1) is 0 Å². The summed E-state index contributed by atoms with van der Waals surface area (Å²) in [6.07, 6.45) is 0.927. The van der Waals surface area contributed by atoms with Crippen LogP contribution in [0.2, 0.25) is 0 Å². The maximum absolute atomic E-state index is 11.7. The zero-order valence-corrected chi connectivity index (χ0v) is 11.6. The molecule has 15 heavy (non-hydrogen) atoms. The molecule has 0 radical (unpaired) electrons. The van der Waals surface area contributed by atoms with Crippen molar-refractivity contribution < 1.29 is 4.79 Å². The van der Waals surface area contributed by atoms with E-state index in [0.717, 1.165) is 10.9 Å². The van der Waals surface area contributed by atoms with Gasteiger partial charge in [-0.1, -0.05) is 35.0 Å². The van der Waals surface area contributed by atoms with Crippen molar-refractivity contribution >= 4 is 37.8 Å². The summed E-state index contributed by atoms with van der Waals surface area (Å²) in [6, 6.07) is 7.41. The van der Waals surface area contributed by atoms with Gasteiger partial charge in [0.2, 0.25) is 0 Å². The number of nitrogens with one attached hydrogen (secondary N) is 1. The number of rotatable bonds is 4. The molecule has 0 fully saturated rings. The van der Waals surface area contributed by atoms with Crippen LogP contribution in [0.5, 0.6) is 0 Å². The maximum Gasteiger partial charge on any atom is 0.252 e. The molecule has 82 valence electrons. The molecule has 1 N–H and O–H groups in total. The van der Waals surface area contributed by atoms with Crippen molar-refractivity contribution in [2.45, 2.75) is 18.2 Å². The van der Waals surface area contributed by atoms with Crippen molar-refractivity contribution in [1.29, 1.82) is 0 Å². The SMILES string of the molecule is CC(Br)CCNC(=O)c1ccccc1Br. The van der Waals surface area contributed by atoms with Crippen LogP contribution in [-0.4, -0.2) is 17.3 Å². The highest BCUT2D eigenvalue weighted by molar-refractivity contribution is 9.10.